The summed E-state index contributed by atoms with van der Waals surface area (Å²) >= 11 is 0. The number of rotatable bonds is 5. The first kappa shape index (κ1) is 11.3. The maximum atomic E-state index is 11.6. The standard InChI is InChI=1S/C10H21N3O/c1-4-9(11-5-2)8-13-7-6-12(3)10(13)14/h9,11H,4-8H2,1-3H3. The van der Waals surface area contributed by atoms with Crippen molar-refractivity contribution in [2.75, 3.05) is 33.2 Å². The molecule has 0 aromatic heterocycles. The zero-order valence-electron chi connectivity index (χ0n) is 9.42. The van der Waals surface area contributed by atoms with Crippen molar-refractivity contribution in [1.29, 1.82) is 0 Å². The van der Waals surface area contributed by atoms with Crippen LogP contribution in [-0.4, -0.2) is 55.1 Å². The molecule has 1 rings (SSSR count). The number of likely N-dealkylation sites (N-methyl/N-ethyl adjacent to an activating group) is 2. The second kappa shape index (κ2) is 5.20. The Morgan fingerprint density at radius 2 is 2.14 bits per heavy atom. The van der Waals surface area contributed by atoms with Crippen molar-refractivity contribution in [2.24, 2.45) is 0 Å². The molecule has 4 heteroatoms. The molecule has 0 bridgehead atoms. The van der Waals surface area contributed by atoms with Gasteiger partial charge in [-0.05, 0) is 13.0 Å². The molecule has 1 fully saturated rings. The van der Waals surface area contributed by atoms with Gasteiger partial charge in [-0.25, -0.2) is 4.79 Å². The van der Waals surface area contributed by atoms with Gasteiger partial charge in [0.15, 0.2) is 0 Å². The van der Waals surface area contributed by atoms with Crippen molar-refractivity contribution in [3.63, 3.8) is 0 Å². The van der Waals surface area contributed by atoms with Gasteiger partial charge in [0.05, 0.1) is 0 Å². The monoisotopic (exact) mass is 199 g/mol. The fourth-order valence-electron chi connectivity index (χ4n) is 1.77. The summed E-state index contributed by atoms with van der Waals surface area (Å²) < 4.78 is 0. The van der Waals surface area contributed by atoms with Gasteiger partial charge < -0.3 is 15.1 Å². The molecule has 14 heavy (non-hydrogen) atoms. The molecule has 0 spiro atoms. The maximum Gasteiger partial charge on any atom is 0.319 e. The lowest BCUT2D eigenvalue weighted by atomic mass is 10.2. The number of nitrogens with one attached hydrogen (secondary N) is 1. The van der Waals surface area contributed by atoms with Crippen molar-refractivity contribution in [2.45, 2.75) is 26.3 Å². The van der Waals surface area contributed by atoms with E-state index in [9.17, 15) is 4.79 Å². The summed E-state index contributed by atoms with van der Waals surface area (Å²) in [5, 5.41) is 3.38. The van der Waals surface area contributed by atoms with Crippen molar-refractivity contribution >= 4 is 6.03 Å². The van der Waals surface area contributed by atoms with E-state index in [2.05, 4.69) is 19.2 Å². The predicted molar refractivity (Wildman–Crippen MR) is 57.4 cm³/mol. The van der Waals surface area contributed by atoms with Crippen LogP contribution in [0.1, 0.15) is 20.3 Å². The van der Waals surface area contributed by atoms with E-state index < -0.39 is 0 Å². The van der Waals surface area contributed by atoms with Crippen LogP contribution in [0, 0.1) is 0 Å². The third-order valence-electron chi connectivity index (χ3n) is 2.73. The lowest BCUT2D eigenvalue weighted by molar-refractivity contribution is 0.193. The third kappa shape index (κ3) is 2.61. The highest BCUT2D eigenvalue weighted by Crippen LogP contribution is 2.07. The Morgan fingerprint density at radius 3 is 2.57 bits per heavy atom. The molecular formula is C10H21N3O. The molecule has 1 saturated heterocycles. The summed E-state index contributed by atoms with van der Waals surface area (Å²) in [7, 11) is 1.86. The van der Waals surface area contributed by atoms with Gasteiger partial charge in [-0.15, -0.1) is 0 Å². The quantitative estimate of drug-likeness (QED) is 0.709. The van der Waals surface area contributed by atoms with Crippen molar-refractivity contribution in [3.05, 3.63) is 0 Å². The Kier molecular flexibility index (Phi) is 4.20. The first-order chi connectivity index (χ1) is 6.69. The first-order valence-corrected chi connectivity index (χ1v) is 5.42. The van der Waals surface area contributed by atoms with Crippen LogP contribution in [-0.2, 0) is 0 Å². The Balaban J connectivity index is 2.39. The minimum absolute atomic E-state index is 0.168. The topological polar surface area (TPSA) is 35.6 Å². The van der Waals surface area contributed by atoms with Gasteiger partial charge >= 0.3 is 6.03 Å². The highest BCUT2D eigenvalue weighted by molar-refractivity contribution is 5.76. The average Bonchev–Trinajstić information content (AvgIpc) is 2.49. The Hall–Kier alpha value is -0.770. The SMILES string of the molecule is CCNC(CC)CN1CCN(C)C1=O. The summed E-state index contributed by atoms with van der Waals surface area (Å²) in [5.41, 5.74) is 0. The van der Waals surface area contributed by atoms with Gasteiger partial charge in [0.25, 0.3) is 0 Å². The van der Waals surface area contributed by atoms with E-state index in [0.717, 1.165) is 32.6 Å². The molecule has 1 heterocycles. The van der Waals surface area contributed by atoms with Crippen molar-refractivity contribution < 1.29 is 4.79 Å². The molecule has 82 valence electrons. The first-order valence-electron chi connectivity index (χ1n) is 5.42. The largest absolute Gasteiger partial charge is 0.326 e. The Bertz CT molecular complexity index is 196. The number of carbonyl (C=O) groups excluding carboxylic acids is 1. The van der Waals surface area contributed by atoms with Gasteiger partial charge in [0.1, 0.15) is 0 Å². The van der Waals surface area contributed by atoms with E-state index in [0.29, 0.717) is 6.04 Å². The van der Waals surface area contributed by atoms with Crippen LogP contribution in [0.4, 0.5) is 4.79 Å². The highest BCUT2D eigenvalue weighted by atomic mass is 16.2. The Labute approximate surface area is 86.2 Å². The molecule has 0 radical (unpaired) electrons. The van der Waals surface area contributed by atoms with E-state index in [4.69, 9.17) is 0 Å². The van der Waals surface area contributed by atoms with E-state index in [1.165, 1.54) is 0 Å². The van der Waals surface area contributed by atoms with E-state index in [1.54, 1.807) is 4.90 Å². The molecular weight excluding hydrogens is 178 g/mol. The van der Waals surface area contributed by atoms with Gasteiger partial charge in [0, 0.05) is 32.7 Å². The van der Waals surface area contributed by atoms with Crippen LogP contribution in [0.15, 0.2) is 0 Å². The fraction of sp³-hybridized carbons (Fsp3) is 0.900. The molecule has 1 aliphatic rings. The molecule has 2 amide bonds. The molecule has 0 saturated carbocycles. The number of carbonyl (C=O) groups is 1. The molecule has 0 aromatic carbocycles. The lowest BCUT2D eigenvalue weighted by Gasteiger charge is -2.23. The smallest absolute Gasteiger partial charge is 0.319 e. The second-order valence-electron chi connectivity index (χ2n) is 3.81. The van der Waals surface area contributed by atoms with Gasteiger partial charge in [0.2, 0.25) is 0 Å². The lowest BCUT2D eigenvalue weighted by Crippen LogP contribution is -2.42. The van der Waals surface area contributed by atoms with Crippen LogP contribution in [0.3, 0.4) is 0 Å². The molecule has 0 aliphatic carbocycles. The molecule has 1 atom stereocenters. The minimum atomic E-state index is 0.168. The summed E-state index contributed by atoms with van der Waals surface area (Å²) in [6.07, 6.45) is 1.07. The molecule has 1 aliphatic heterocycles. The van der Waals surface area contributed by atoms with Gasteiger partial charge in [-0.1, -0.05) is 13.8 Å². The zero-order chi connectivity index (χ0) is 10.6. The van der Waals surface area contributed by atoms with Crippen LogP contribution < -0.4 is 5.32 Å². The summed E-state index contributed by atoms with van der Waals surface area (Å²) in [4.78, 5) is 15.3. The van der Waals surface area contributed by atoms with E-state index in [-0.39, 0.29) is 6.03 Å². The summed E-state index contributed by atoms with van der Waals surface area (Å²) in [6.45, 7) is 7.79. The van der Waals surface area contributed by atoms with Crippen molar-refractivity contribution in [3.8, 4) is 0 Å². The van der Waals surface area contributed by atoms with Gasteiger partial charge in [-0.2, -0.15) is 0 Å². The average molecular weight is 199 g/mol. The molecule has 1 N–H and O–H groups in total. The molecule has 1 unspecified atom stereocenters. The molecule has 4 nitrogen and oxygen atoms in total. The maximum absolute atomic E-state index is 11.6. The number of amides is 2. The second-order valence-corrected chi connectivity index (χ2v) is 3.81. The minimum Gasteiger partial charge on any atom is -0.326 e. The van der Waals surface area contributed by atoms with Crippen molar-refractivity contribution in [1.82, 2.24) is 15.1 Å². The number of hydrogen-bond acceptors (Lipinski definition) is 2. The zero-order valence-corrected chi connectivity index (χ0v) is 9.42. The van der Waals surface area contributed by atoms with Crippen LogP contribution in [0.25, 0.3) is 0 Å². The molecule has 0 aromatic rings. The number of urea groups is 1. The predicted octanol–water partition coefficient (Wildman–Crippen LogP) is 0.742. The Morgan fingerprint density at radius 1 is 1.43 bits per heavy atom. The summed E-state index contributed by atoms with van der Waals surface area (Å²) in [5.74, 6) is 0. The van der Waals surface area contributed by atoms with E-state index >= 15 is 0 Å². The van der Waals surface area contributed by atoms with Gasteiger partial charge in [-0.3, -0.25) is 0 Å². The highest BCUT2D eigenvalue weighted by Gasteiger charge is 2.26. The van der Waals surface area contributed by atoms with Crippen LogP contribution in [0.5, 0.6) is 0 Å². The van der Waals surface area contributed by atoms with E-state index in [1.807, 2.05) is 11.9 Å². The number of nitrogens with zero attached hydrogens (tertiary/aromatic N) is 2. The number of hydrogen-bond donors (Lipinski definition) is 1. The van der Waals surface area contributed by atoms with Crippen LogP contribution >= 0.6 is 0 Å². The summed E-state index contributed by atoms with van der Waals surface area (Å²) in [6, 6.07) is 0.608. The fourth-order valence-corrected chi connectivity index (χ4v) is 1.77. The third-order valence-corrected chi connectivity index (χ3v) is 2.73. The normalized spacial score (nSPS) is 19.2. The van der Waals surface area contributed by atoms with Crippen LogP contribution in [0.2, 0.25) is 0 Å².